The van der Waals surface area contributed by atoms with Gasteiger partial charge in [-0.3, -0.25) is 9.59 Å². The molecule has 0 saturated carbocycles. The Labute approximate surface area is 142 Å². The molecule has 1 unspecified atom stereocenters. The van der Waals surface area contributed by atoms with E-state index in [0.29, 0.717) is 23.7 Å². The Balaban J connectivity index is 1.74. The summed E-state index contributed by atoms with van der Waals surface area (Å²) < 4.78 is 0. The molecule has 1 aliphatic heterocycles. The van der Waals surface area contributed by atoms with Gasteiger partial charge in [0.25, 0.3) is 0 Å². The maximum Gasteiger partial charge on any atom is 0.313 e. The van der Waals surface area contributed by atoms with E-state index in [1.807, 2.05) is 6.07 Å². The molecule has 6 nitrogen and oxygen atoms in total. The minimum absolute atomic E-state index is 0.293. The monoisotopic (exact) mass is 328 g/mol. The Morgan fingerprint density at radius 2 is 2.00 bits per heavy atom. The fourth-order valence-corrected chi connectivity index (χ4v) is 2.85. The normalized spacial score (nSPS) is 16.0. The predicted octanol–water partition coefficient (Wildman–Crippen LogP) is 1.73. The van der Waals surface area contributed by atoms with Gasteiger partial charge in [-0.2, -0.15) is 5.26 Å². The van der Waals surface area contributed by atoms with E-state index in [4.69, 9.17) is 5.26 Å². The smallest absolute Gasteiger partial charge is 0.313 e. The second-order valence-corrected chi connectivity index (χ2v) is 6.32. The molecule has 1 aromatic rings. The van der Waals surface area contributed by atoms with Crippen molar-refractivity contribution in [3.63, 3.8) is 0 Å². The lowest BCUT2D eigenvalue weighted by Crippen LogP contribution is -2.41. The van der Waals surface area contributed by atoms with Crippen LogP contribution in [0.4, 0.5) is 5.69 Å². The third-order valence-electron chi connectivity index (χ3n) is 4.09. The van der Waals surface area contributed by atoms with Crippen LogP contribution >= 0.6 is 0 Å². The Morgan fingerprint density at radius 1 is 1.25 bits per heavy atom. The summed E-state index contributed by atoms with van der Waals surface area (Å²) in [5.41, 5.74) is 0.874. The van der Waals surface area contributed by atoms with Crippen molar-refractivity contribution in [2.24, 2.45) is 5.92 Å². The van der Waals surface area contributed by atoms with E-state index in [1.54, 1.807) is 18.2 Å². The van der Waals surface area contributed by atoms with Gasteiger partial charge in [-0.25, -0.2) is 0 Å². The second kappa shape index (κ2) is 9.04. The molecule has 1 aliphatic rings. The molecule has 1 heterocycles. The summed E-state index contributed by atoms with van der Waals surface area (Å²) in [6, 6.07) is 8.46. The molecular weight excluding hydrogens is 304 g/mol. The highest BCUT2D eigenvalue weighted by Crippen LogP contribution is 2.11. The summed E-state index contributed by atoms with van der Waals surface area (Å²) >= 11 is 0. The van der Waals surface area contributed by atoms with Crippen LogP contribution in [0.15, 0.2) is 24.3 Å². The van der Waals surface area contributed by atoms with Crippen LogP contribution in [0.5, 0.6) is 0 Å². The molecule has 1 fully saturated rings. The Morgan fingerprint density at radius 3 is 2.71 bits per heavy atom. The number of carbonyl (C=O) groups excluding carboxylic acids is 2. The van der Waals surface area contributed by atoms with Gasteiger partial charge in [-0.15, -0.1) is 0 Å². The summed E-state index contributed by atoms with van der Waals surface area (Å²) in [7, 11) is 0. The molecule has 6 heteroatoms. The molecule has 0 bridgehead atoms. The first-order chi connectivity index (χ1) is 11.6. The number of likely N-dealkylation sites (tertiary alicyclic amines) is 1. The van der Waals surface area contributed by atoms with Gasteiger partial charge >= 0.3 is 11.8 Å². The zero-order valence-corrected chi connectivity index (χ0v) is 14.0. The Hall–Kier alpha value is -2.39. The van der Waals surface area contributed by atoms with Crippen molar-refractivity contribution in [1.29, 1.82) is 5.26 Å². The fraction of sp³-hybridized carbons (Fsp3) is 0.500. The maximum atomic E-state index is 11.9. The van der Waals surface area contributed by atoms with Crippen molar-refractivity contribution in [3.05, 3.63) is 29.8 Å². The van der Waals surface area contributed by atoms with Crippen LogP contribution in [-0.2, 0) is 9.59 Å². The fourth-order valence-electron chi connectivity index (χ4n) is 2.85. The van der Waals surface area contributed by atoms with Gasteiger partial charge < -0.3 is 15.5 Å². The van der Waals surface area contributed by atoms with E-state index in [2.05, 4.69) is 22.5 Å². The highest BCUT2D eigenvalue weighted by molar-refractivity contribution is 6.39. The van der Waals surface area contributed by atoms with Crippen LogP contribution in [0.1, 0.15) is 31.7 Å². The highest BCUT2D eigenvalue weighted by atomic mass is 16.2. The van der Waals surface area contributed by atoms with E-state index < -0.39 is 11.8 Å². The molecule has 2 amide bonds. The average Bonchev–Trinajstić information content (AvgIpc) is 2.60. The lowest BCUT2D eigenvalue weighted by Gasteiger charge is -2.29. The number of hydrogen-bond donors (Lipinski definition) is 2. The van der Waals surface area contributed by atoms with Gasteiger partial charge in [-0.05, 0) is 50.0 Å². The SMILES string of the molecule is CC(CNC(=O)C(=O)Nc1cccc(C#N)c1)CN1CCCCC1. The van der Waals surface area contributed by atoms with Gasteiger partial charge in [0.05, 0.1) is 11.6 Å². The molecule has 2 N–H and O–H groups in total. The predicted molar refractivity (Wildman–Crippen MR) is 92.3 cm³/mol. The molecule has 24 heavy (non-hydrogen) atoms. The molecule has 1 aromatic carbocycles. The summed E-state index contributed by atoms with van der Waals surface area (Å²) in [5.74, 6) is -1.07. The molecule has 128 valence electrons. The molecule has 0 spiro atoms. The zero-order chi connectivity index (χ0) is 17.4. The summed E-state index contributed by atoms with van der Waals surface area (Å²) in [6.45, 7) is 5.72. The summed E-state index contributed by atoms with van der Waals surface area (Å²) in [6.07, 6.45) is 3.78. The first kappa shape index (κ1) is 18.0. The van der Waals surface area contributed by atoms with Crippen molar-refractivity contribution in [2.45, 2.75) is 26.2 Å². The number of anilines is 1. The highest BCUT2D eigenvalue weighted by Gasteiger charge is 2.17. The Bertz CT molecular complexity index is 618. The van der Waals surface area contributed by atoms with Gasteiger partial charge in [0.2, 0.25) is 0 Å². The van der Waals surface area contributed by atoms with Crippen LogP contribution in [0.25, 0.3) is 0 Å². The van der Waals surface area contributed by atoms with E-state index in [1.165, 1.54) is 25.3 Å². The second-order valence-electron chi connectivity index (χ2n) is 6.32. The summed E-state index contributed by atoms with van der Waals surface area (Å²) in [4.78, 5) is 26.2. The lowest BCUT2D eigenvalue weighted by atomic mass is 10.1. The zero-order valence-electron chi connectivity index (χ0n) is 14.0. The number of carbonyl (C=O) groups is 2. The minimum Gasteiger partial charge on any atom is -0.348 e. The van der Waals surface area contributed by atoms with E-state index in [-0.39, 0.29) is 0 Å². The van der Waals surface area contributed by atoms with Crippen molar-refractivity contribution < 1.29 is 9.59 Å². The topological polar surface area (TPSA) is 85.2 Å². The van der Waals surface area contributed by atoms with Crippen molar-refractivity contribution in [1.82, 2.24) is 10.2 Å². The van der Waals surface area contributed by atoms with Crippen LogP contribution in [0.3, 0.4) is 0 Å². The van der Waals surface area contributed by atoms with Crippen LogP contribution in [0, 0.1) is 17.2 Å². The van der Waals surface area contributed by atoms with Gasteiger partial charge in [-0.1, -0.05) is 19.4 Å². The van der Waals surface area contributed by atoms with Gasteiger partial charge in [0.1, 0.15) is 0 Å². The molecule has 1 saturated heterocycles. The summed E-state index contributed by atoms with van der Waals surface area (Å²) in [5, 5.41) is 14.0. The third kappa shape index (κ3) is 5.67. The first-order valence-corrected chi connectivity index (χ1v) is 8.40. The molecule has 0 aliphatic carbocycles. The standard InChI is InChI=1S/C18H24N4O2/c1-14(13-22-8-3-2-4-9-22)12-20-17(23)18(24)21-16-7-5-6-15(10-16)11-19/h5-7,10,14H,2-4,8-9,12-13H2,1H3,(H,20,23)(H,21,24). The van der Waals surface area contributed by atoms with Crippen molar-refractivity contribution >= 4 is 17.5 Å². The van der Waals surface area contributed by atoms with E-state index in [0.717, 1.165) is 19.6 Å². The van der Waals surface area contributed by atoms with E-state index in [9.17, 15) is 9.59 Å². The minimum atomic E-state index is -0.713. The van der Waals surface area contributed by atoms with Crippen LogP contribution in [-0.4, -0.2) is 42.9 Å². The number of nitrogens with one attached hydrogen (secondary N) is 2. The number of amides is 2. The third-order valence-corrected chi connectivity index (χ3v) is 4.09. The van der Waals surface area contributed by atoms with Crippen LogP contribution < -0.4 is 10.6 Å². The molecule has 1 atom stereocenters. The average molecular weight is 328 g/mol. The number of benzene rings is 1. The number of rotatable bonds is 5. The molecule has 0 radical (unpaired) electrons. The molecule has 2 rings (SSSR count). The lowest BCUT2D eigenvalue weighted by molar-refractivity contribution is -0.136. The van der Waals surface area contributed by atoms with Crippen molar-refractivity contribution in [2.75, 3.05) is 31.5 Å². The quantitative estimate of drug-likeness (QED) is 0.806. The number of nitriles is 1. The van der Waals surface area contributed by atoms with Gasteiger partial charge in [0, 0.05) is 18.8 Å². The number of hydrogen-bond acceptors (Lipinski definition) is 4. The van der Waals surface area contributed by atoms with Gasteiger partial charge in [0.15, 0.2) is 0 Å². The van der Waals surface area contributed by atoms with E-state index >= 15 is 0 Å². The molecular formula is C18H24N4O2. The number of nitrogens with zero attached hydrogens (tertiary/aromatic N) is 2. The molecule has 0 aromatic heterocycles. The Kier molecular flexibility index (Phi) is 6.76. The first-order valence-electron chi connectivity index (χ1n) is 8.40. The van der Waals surface area contributed by atoms with Crippen molar-refractivity contribution in [3.8, 4) is 6.07 Å². The maximum absolute atomic E-state index is 11.9. The largest absolute Gasteiger partial charge is 0.348 e. The number of piperidine rings is 1. The van der Waals surface area contributed by atoms with Crippen LogP contribution in [0.2, 0.25) is 0 Å².